The summed E-state index contributed by atoms with van der Waals surface area (Å²) in [6, 6.07) is 6.53. The summed E-state index contributed by atoms with van der Waals surface area (Å²) in [4.78, 5) is 15.9. The van der Waals surface area contributed by atoms with Crippen molar-refractivity contribution in [1.29, 1.82) is 0 Å². The van der Waals surface area contributed by atoms with Crippen molar-refractivity contribution in [3.63, 3.8) is 0 Å². The molecule has 1 amide bonds. The normalized spacial score (nSPS) is 10.4. The van der Waals surface area contributed by atoms with Crippen LogP contribution >= 0.6 is 58.0 Å². The Labute approximate surface area is 139 Å². The van der Waals surface area contributed by atoms with Crippen LogP contribution in [-0.4, -0.2) is 10.9 Å². The molecular weight excluding hydrogens is 365 g/mol. The van der Waals surface area contributed by atoms with E-state index in [1.165, 1.54) is 0 Å². The highest BCUT2D eigenvalue weighted by Gasteiger charge is 2.20. The van der Waals surface area contributed by atoms with Crippen LogP contribution in [0.15, 0.2) is 24.3 Å². The second-order valence-corrected chi connectivity index (χ2v) is 5.58. The maximum absolute atomic E-state index is 12.1. The summed E-state index contributed by atoms with van der Waals surface area (Å²) in [6.07, 6.45) is 0. The average molecular weight is 370 g/mol. The third-order valence-corrected chi connectivity index (χ3v) is 4.23. The Bertz CT molecular complexity index is 673. The number of rotatable bonds is 2. The minimum atomic E-state index is -0.558. The molecule has 0 bridgehead atoms. The molecule has 2 rings (SSSR count). The molecule has 0 saturated carbocycles. The van der Waals surface area contributed by atoms with Gasteiger partial charge in [0.1, 0.15) is 10.8 Å². The summed E-state index contributed by atoms with van der Waals surface area (Å²) >= 11 is 29.1. The number of amides is 1. The predicted molar refractivity (Wildman–Crippen MR) is 83.7 cm³/mol. The van der Waals surface area contributed by atoms with Crippen LogP contribution in [0.4, 0.5) is 5.69 Å². The number of pyridine rings is 1. The number of aromatic nitrogens is 1. The summed E-state index contributed by atoms with van der Waals surface area (Å²) in [5.41, 5.74) is 0.417. The number of hydrogen-bond donors (Lipinski definition) is 1. The smallest absolute Gasteiger partial charge is 0.275 e. The molecule has 0 aliphatic heterocycles. The number of hydrogen-bond acceptors (Lipinski definition) is 2. The summed E-state index contributed by atoms with van der Waals surface area (Å²) in [5, 5.41) is 2.97. The number of nitrogens with one attached hydrogen (secondary N) is 1. The molecule has 0 aliphatic carbocycles. The van der Waals surface area contributed by atoms with E-state index in [0.717, 1.165) is 0 Å². The Hall–Kier alpha value is -0.710. The third-order valence-electron chi connectivity index (χ3n) is 2.30. The van der Waals surface area contributed by atoms with Gasteiger partial charge in [-0.05, 0) is 24.3 Å². The van der Waals surface area contributed by atoms with Gasteiger partial charge in [-0.3, -0.25) is 4.79 Å². The van der Waals surface area contributed by atoms with Gasteiger partial charge in [0.05, 0.1) is 15.1 Å². The van der Waals surface area contributed by atoms with E-state index in [4.69, 9.17) is 58.0 Å². The number of halogens is 5. The number of benzene rings is 1. The van der Waals surface area contributed by atoms with Crippen LogP contribution < -0.4 is 5.32 Å². The SMILES string of the molecule is O=C(Nc1ccc(Cl)cc1)c1nc(Cl)c(Cl)c(Cl)c1Cl. The van der Waals surface area contributed by atoms with E-state index in [1.54, 1.807) is 24.3 Å². The lowest BCUT2D eigenvalue weighted by atomic mass is 10.3. The number of nitrogens with zero attached hydrogens (tertiary/aromatic N) is 1. The van der Waals surface area contributed by atoms with Gasteiger partial charge in [0, 0.05) is 10.7 Å². The first-order valence-corrected chi connectivity index (χ1v) is 7.06. The molecule has 2 aromatic rings. The molecule has 1 aromatic heterocycles. The van der Waals surface area contributed by atoms with Crippen molar-refractivity contribution in [2.75, 3.05) is 5.32 Å². The van der Waals surface area contributed by atoms with Gasteiger partial charge < -0.3 is 5.32 Å². The van der Waals surface area contributed by atoms with Gasteiger partial charge in [-0.15, -0.1) is 0 Å². The van der Waals surface area contributed by atoms with Gasteiger partial charge >= 0.3 is 0 Å². The van der Waals surface area contributed by atoms with E-state index in [2.05, 4.69) is 10.3 Å². The van der Waals surface area contributed by atoms with Crippen LogP contribution in [0.2, 0.25) is 25.2 Å². The van der Waals surface area contributed by atoms with Crippen LogP contribution in [0.5, 0.6) is 0 Å². The van der Waals surface area contributed by atoms with Crippen molar-refractivity contribution in [3.05, 3.63) is 55.2 Å². The van der Waals surface area contributed by atoms with Crippen molar-refractivity contribution < 1.29 is 4.79 Å². The summed E-state index contributed by atoms with van der Waals surface area (Å²) in [7, 11) is 0. The standard InChI is InChI=1S/C12H5Cl5N2O/c13-5-1-3-6(4-2-5)18-12(20)10-8(15)7(14)9(16)11(17)19-10/h1-4H,(H,18,20). The minimum Gasteiger partial charge on any atom is -0.321 e. The zero-order valence-electron chi connectivity index (χ0n) is 9.55. The summed E-state index contributed by atoms with van der Waals surface area (Å²) in [6.45, 7) is 0. The van der Waals surface area contributed by atoms with Crippen molar-refractivity contribution >= 4 is 69.6 Å². The molecule has 3 nitrogen and oxygen atoms in total. The second-order valence-electron chi connectivity index (χ2n) is 3.65. The van der Waals surface area contributed by atoms with Gasteiger partial charge in [-0.2, -0.15) is 0 Å². The number of carbonyl (C=O) groups excluding carboxylic acids is 1. The fourth-order valence-electron chi connectivity index (χ4n) is 1.36. The predicted octanol–water partition coefficient (Wildman–Crippen LogP) is 5.60. The van der Waals surface area contributed by atoms with Crippen LogP contribution in [-0.2, 0) is 0 Å². The van der Waals surface area contributed by atoms with Crippen molar-refractivity contribution in [2.45, 2.75) is 0 Å². The number of anilines is 1. The van der Waals surface area contributed by atoms with E-state index in [9.17, 15) is 4.79 Å². The highest BCUT2D eigenvalue weighted by Crippen LogP contribution is 2.36. The van der Waals surface area contributed by atoms with Gasteiger partial charge in [-0.25, -0.2) is 4.98 Å². The summed E-state index contributed by atoms with van der Waals surface area (Å²) in [5.74, 6) is -0.558. The highest BCUT2D eigenvalue weighted by molar-refractivity contribution is 6.52. The Morgan fingerprint density at radius 3 is 2.10 bits per heavy atom. The Kier molecular flexibility index (Phi) is 4.99. The van der Waals surface area contributed by atoms with Crippen molar-refractivity contribution in [1.82, 2.24) is 4.98 Å². The summed E-state index contributed by atoms with van der Waals surface area (Å²) < 4.78 is 0. The lowest BCUT2D eigenvalue weighted by molar-refractivity contribution is 0.102. The maximum atomic E-state index is 12.1. The lowest BCUT2D eigenvalue weighted by Crippen LogP contribution is -2.14. The molecular formula is C12H5Cl5N2O. The average Bonchev–Trinajstić information content (AvgIpc) is 2.43. The first kappa shape index (κ1) is 15.7. The molecule has 0 fully saturated rings. The van der Waals surface area contributed by atoms with E-state index in [0.29, 0.717) is 10.7 Å². The number of carbonyl (C=O) groups is 1. The van der Waals surface area contributed by atoms with Crippen LogP contribution in [0, 0.1) is 0 Å². The van der Waals surface area contributed by atoms with Crippen molar-refractivity contribution in [3.8, 4) is 0 Å². The topological polar surface area (TPSA) is 42.0 Å². The highest BCUT2D eigenvalue weighted by atomic mass is 35.5. The zero-order chi connectivity index (χ0) is 14.9. The van der Waals surface area contributed by atoms with Gasteiger partial charge in [0.25, 0.3) is 5.91 Å². The second kappa shape index (κ2) is 6.37. The lowest BCUT2D eigenvalue weighted by Gasteiger charge is -2.09. The molecule has 1 N–H and O–H groups in total. The van der Waals surface area contributed by atoms with Crippen molar-refractivity contribution in [2.24, 2.45) is 0 Å². The molecule has 104 valence electrons. The van der Waals surface area contributed by atoms with Crippen LogP contribution in [0.25, 0.3) is 0 Å². The first-order valence-electron chi connectivity index (χ1n) is 5.17. The fraction of sp³-hybridized carbons (Fsp3) is 0. The molecule has 0 saturated heterocycles. The molecule has 0 radical (unpaired) electrons. The minimum absolute atomic E-state index is 0.00127. The zero-order valence-corrected chi connectivity index (χ0v) is 13.3. The van der Waals surface area contributed by atoms with E-state index in [1.807, 2.05) is 0 Å². The van der Waals surface area contributed by atoms with E-state index < -0.39 is 5.91 Å². The molecule has 20 heavy (non-hydrogen) atoms. The quantitative estimate of drug-likeness (QED) is 0.699. The molecule has 0 aliphatic rings. The molecule has 0 unspecified atom stereocenters. The van der Waals surface area contributed by atoms with E-state index >= 15 is 0 Å². The van der Waals surface area contributed by atoms with Gasteiger partial charge in [0.15, 0.2) is 0 Å². The Morgan fingerprint density at radius 1 is 0.900 bits per heavy atom. The molecule has 8 heteroatoms. The fourth-order valence-corrected chi connectivity index (χ4v) is 2.30. The Balaban J connectivity index is 2.32. The molecule has 1 aromatic carbocycles. The van der Waals surface area contributed by atoms with Gasteiger partial charge in [-0.1, -0.05) is 58.0 Å². The Morgan fingerprint density at radius 2 is 1.50 bits per heavy atom. The maximum Gasteiger partial charge on any atom is 0.275 e. The molecule has 0 spiro atoms. The van der Waals surface area contributed by atoms with Crippen LogP contribution in [0.3, 0.4) is 0 Å². The van der Waals surface area contributed by atoms with Gasteiger partial charge in [0.2, 0.25) is 0 Å². The van der Waals surface area contributed by atoms with E-state index in [-0.39, 0.29) is 25.9 Å². The first-order chi connectivity index (χ1) is 9.40. The molecule has 1 heterocycles. The molecule has 0 atom stereocenters. The monoisotopic (exact) mass is 368 g/mol. The van der Waals surface area contributed by atoms with Crippen LogP contribution in [0.1, 0.15) is 10.5 Å². The largest absolute Gasteiger partial charge is 0.321 e. The third kappa shape index (κ3) is 3.30.